The topological polar surface area (TPSA) is 93.1 Å². The van der Waals surface area contributed by atoms with Crippen LogP contribution in [0.25, 0.3) is 0 Å². The Hall–Kier alpha value is -3.02. The maximum Gasteiger partial charge on any atom is 0.198 e. The molecule has 1 aliphatic carbocycles. The van der Waals surface area contributed by atoms with Gasteiger partial charge in [-0.2, -0.15) is 0 Å². The third kappa shape index (κ3) is 1.88. The number of benzene rings is 2. The van der Waals surface area contributed by atoms with E-state index in [0.29, 0.717) is 5.75 Å². The van der Waals surface area contributed by atoms with Gasteiger partial charge < -0.3 is 19.7 Å². The lowest BCUT2D eigenvalue weighted by atomic mass is 9.82. The van der Waals surface area contributed by atoms with E-state index in [-0.39, 0.29) is 39.3 Å². The smallest absolute Gasteiger partial charge is 0.198 e. The van der Waals surface area contributed by atoms with Crippen LogP contribution in [0.5, 0.6) is 23.0 Å². The molecule has 3 rings (SSSR count). The number of phenols is 2. The van der Waals surface area contributed by atoms with E-state index >= 15 is 0 Å². The Labute approximate surface area is 131 Å². The maximum atomic E-state index is 12.8. The Kier molecular flexibility index (Phi) is 3.25. The average molecular weight is 314 g/mol. The van der Waals surface area contributed by atoms with E-state index in [0.717, 1.165) is 0 Å². The molecule has 0 atom stereocenters. The summed E-state index contributed by atoms with van der Waals surface area (Å²) >= 11 is 0. The van der Waals surface area contributed by atoms with Gasteiger partial charge in [0.25, 0.3) is 0 Å². The molecule has 0 saturated heterocycles. The minimum absolute atomic E-state index is 0.0605. The number of ether oxygens (including phenoxy) is 2. The Balaban J connectivity index is 2.38. The van der Waals surface area contributed by atoms with Crippen molar-refractivity contribution < 1.29 is 29.3 Å². The largest absolute Gasteiger partial charge is 0.508 e. The molecule has 0 heterocycles. The number of ketones is 2. The summed E-state index contributed by atoms with van der Waals surface area (Å²) in [5.74, 6) is -1.21. The number of carbonyl (C=O) groups excluding carboxylic acids is 2. The van der Waals surface area contributed by atoms with E-state index in [1.807, 2.05) is 0 Å². The van der Waals surface area contributed by atoms with Crippen molar-refractivity contribution in [2.24, 2.45) is 0 Å². The first kappa shape index (κ1) is 14.9. The van der Waals surface area contributed by atoms with Crippen molar-refractivity contribution in [3.05, 3.63) is 46.0 Å². The molecule has 23 heavy (non-hydrogen) atoms. The molecule has 6 heteroatoms. The second kappa shape index (κ2) is 5.01. The average Bonchev–Trinajstić information content (AvgIpc) is 2.55. The summed E-state index contributed by atoms with van der Waals surface area (Å²) < 4.78 is 10.4. The molecule has 0 bridgehead atoms. The maximum absolute atomic E-state index is 12.8. The highest BCUT2D eigenvalue weighted by atomic mass is 16.5. The number of fused-ring (bicyclic) bond motifs is 2. The Morgan fingerprint density at radius 3 is 2.17 bits per heavy atom. The Bertz CT molecular complexity index is 866. The Morgan fingerprint density at radius 1 is 0.913 bits per heavy atom. The van der Waals surface area contributed by atoms with E-state index < -0.39 is 17.3 Å². The molecule has 0 aliphatic heterocycles. The number of hydrogen-bond donors (Lipinski definition) is 2. The van der Waals surface area contributed by atoms with Gasteiger partial charge in [0.05, 0.1) is 25.3 Å². The van der Waals surface area contributed by atoms with E-state index in [1.54, 1.807) is 0 Å². The third-order valence-electron chi connectivity index (χ3n) is 4.02. The fourth-order valence-electron chi connectivity index (χ4n) is 2.77. The monoisotopic (exact) mass is 314 g/mol. The summed E-state index contributed by atoms with van der Waals surface area (Å²) in [5, 5.41) is 20.0. The number of phenolic OH excluding ortho intramolecular Hbond substituents is 2. The SMILES string of the molecule is COc1ccc2c(c1OC)C(=O)c1cc(O)c(C)c(O)c1C2=O. The van der Waals surface area contributed by atoms with Gasteiger partial charge >= 0.3 is 0 Å². The van der Waals surface area contributed by atoms with Crippen LogP contribution in [-0.2, 0) is 0 Å². The summed E-state index contributed by atoms with van der Waals surface area (Å²) in [5.41, 5.74) is 0.168. The minimum atomic E-state index is -0.518. The standard InChI is InChI=1S/C17H14O6/c1-7-10(18)6-9-12(14(7)19)15(20)8-4-5-11(22-2)17(23-3)13(8)16(9)21/h4-6,18-19H,1-3H3. The molecule has 0 radical (unpaired) electrons. The highest BCUT2D eigenvalue weighted by Gasteiger charge is 2.37. The summed E-state index contributed by atoms with van der Waals surface area (Å²) in [6.07, 6.45) is 0. The quantitative estimate of drug-likeness (QED) is 0.753. The molecule has 2 aromatic carbocycles. The van der Waals surface area contributed by atoms with Crippen molar-refractivity contribution in [3.8, 4) is 23.0 Å². The molecular weight excluding hydrogens is 300 g/mol. The van der Waals surface area contributed by atoms with Gasteiger partial charge in [-0.3, -0.25) is 9.59 Å². The molecule has 0 fully saturated rings. The van der Waals surface area contributed by atoms with Gasteiger partial charge in [-0.25, -0.2) is 0 Å². The molecule has 0 saturated carbocycles. The van der Waals surface area contributed by atoms with Gasteiger partial charge in [-0.05, 0) is 25.1 Å². The van der Waals surface area contributed by atoms with Gasteiger partial charge in [0, 0.05) is 16.7 Å². The molecule has 0 aromatic heterocycles. The predicted molar refractivity (Wildman–Crippen MR) is 80.9 cm³/mol. The first-order valence-corrected chi connectivity index (χ1v) is 6.82. The lowest BCUT2D eigenvalue weighted by molar-refractivity contribution is 0.0973. The number of hydrogen-bond acceptors (Lipinski definition) is 6. The second-order valence-corrected chi connectivity index (χ2v) is 5.17. The van der Waals surface area contributed by atoms with Crippen molar-refractivity contribution in [3.63, 3.8) is 0 Å². The zero-order valence-corrected chi connectivity index (χ0v) is 12.8. The lowest BCUT2D eigenvalue weighted by Crippen LogP contribution is -2.22. The van der Waals surface area contributed by atoms with Crippen LogP contribution in [0.2, 0.25) is 0 Å². The number of rotatable bonds is 2. The molecule has 0 unspecified atom stereocenters. The number of aromatic hydroxyl groups is 2. The summed E-state index contributed by atoms with van der Waals surface area (Å²) in [6.45, 7) is 1.47. The predicted octanol–water partition coefficient (Wildman–Crippen LogP) is 2.20. The van der Waals surface area contributed by atoms with E-state index in [1.165, 1.54) is 39.3 Å². The Morgan fingerprint density at radius 2 is 1.57 bits per heavy atom. The first-order valence-electron chi connectivity index (χ1n) is 6.82. The van der Waals surface area contributed by atoms with Crippen molar-refractivity contribution in [2.45, 2.75) is 6.92 Å². The van der Waals surface area contributed by atoms with Crippen LogP contribution < -0.4 is 9.47 Å². The van der Waals surface area contributed by atoms with E-state index in [9.17, 15) is 19.8 Å². The zero-order valence-electron chi connectivity index (χ0n) is 12.8. The third-order valence-corrected chi connectivity index (χ3v) is 4.02. The van der Waals surface area contributed by atoms with Crippen LogP contribution in [0.3, 0.4) is 0 Å². The highest BCUT2D eigenvalue weighted by molar-refractivity contribution is 6.30. The van der Waals surface area contributed by atoms with Gasteiger partial charge in [-0.1, -0.05) is 0 Å². The van der Waals surface area contributed by atoms with Gasteiger partial charge in [0.15, 0.2) is 23.1 Å². The highest BCUT2D eigenvalue weighted by Crippen LogP contribution is 2.43. The molecule has 6 nitrogen and oxygen atoms in total. The molecule has 2 N–H and O–H groups in total. The molecule has 2 aromatic rings. The zero-order chi connectivity index (χ0) is 16.9. The molecular formula is C17H14O6. The van der Waals surface area contributed by atoms with Crippen LogP contribution in [0.1, 0.15) is 37.4 Å². The van der Waals surface area contributed by atoms with Gasteiger partial charge in [0.1, 0.15) is 11.5 Å². The normalized spacial score (nSPS) is 12.7. The second-order valence-electron chi connectivity index (χ2n) is 5.17. The van der Waals surface area contributed by atoms with Crippen molar-refractivity contribution in [1.82, 2.24) is 0 Å². The van der Waals surface area contributed by atoms with E-state index in [4.69, 9.17) is 9.47 Å². The van der Waals surface area contributed by atoms with Crippen molar-refractivity contribution >= 4 is 11.6 Å². The molecule has 118 valence electrons. The molecule has 1 aliphatic rings. The number of carbonyl (C=O) groups is 2. The summed E-state index contributed by atoms with van der Waals surface area (Å²) in [7, 11) is 2.80. The lowest BCUT2D eigenvalue weighted by Gasteiger charge is -2.22. The fraction of sp³-hybridized carbons (Fsp3) is 0.176. The van der Waals surface area contributed by atoms with Crippen LogP contribution >= 0.6 is 0 Å². The van der Waals surface area contributed by atoms with Gasteiger partial charge in [0.2, 0.25) is 0 Å². The van der Waals surface area contributed by atoms with Gasteiger partial charge in [-0.15, -0.1) is 0 Å². The molecule has 0 spiro atoms. The van der Waals surface area contributed by atoms with Crippen LogP contribution in [0, 0.1) is 6.92 Å². The van der Waals surface area contributed by atoms with Crippen LogP contribution in [0.4, 0.5) is 0 Å². The number of methoxy groups -OCH3 is 2. The van der Waals surface area contributed by atoms with Crippen LogP contribution in [0.15, 0.2) is 18.2 Å². The van der Waals surface area contributed by atoms with E-state index in [2.05, 4.69) is 0 Å². The van der Waals surface area contributed by atoms with Crippen molar-refractivity contribution in [2.75, 3.05) is 14.2 Å². The summed E-state index contributed by atoms with van der Waals surface area (Å²) in [6, 6.07) is 4.17. The molecule has 0 amide bonds. The fourth-order valence-corrected chi connectivity index (χ4v) is 2.77. The van der Waals surface area contributed by atoms with Crippen molar-refractivity contribution in [1.29, 1.82) is 0 Å². The van der Waals surface area contributed by atoms with Crippen LogP contribution in [-0.4, -0.2) is 36.0 Å². The summed E-state index contributed by atoms with van der Waals surface area (Å²) in [4.78, 5) is 25.5. The minimum Gasteiger partial charge on any atom is -0.508 e. The first-order chi connectivity index (χ1) is 10.9.